The predicted octanol–water partition coefficient (Wildman–Crippen LogP) is -0.688. The molecule has 0 saturated carbocycles. The Morgan fingerprint density at radius 2 is 1.94 bits per heavy atom. The van der Waals surface area contributed by atoms with E-state index in [4.69, 9.17) is 10.8 Å². The summed E-state index contributed by atoms with van der Waals surface area (Å²) in [6.07, 6.45) is -0.457. The fourth-order valence-electron chi connectivity index (χ4n) is 1.26. The molecule has 0 aliphatic heterocycles. The number of carbonyl (C=O) groups excluding carboxylic acids is 1. The van der Waals surface area contributed by atoms with Crippen molar-refractivity contribution in [1.29, 1.82) is 0 Å². The zero-order chi connectivity index (χ0) is 12.7. The molecule has 6 heteroatoms. The number of aliphatic hydroxyl groups excluding tert-OH is 1. The molecule has 6 nitrogen and oxygen atoms in total. The van der Waals surface area contributed by atoms with E-state index in [2.05, 4.69) is 5.32 Å². The summed E-state index contributed by atoms with van der Waals surface area (Å²) < 4.78 is 0. The first-order valence-electron chi connectivity index (χ1n) is 5.26. The lowest BCUT2D eigenvalue weighted by atomic mass is 10.1. The molecule has 0 aliphatic rings. The molecule has 16 heavy (non-hydrogen) atoms. The van der Waals surface area contributed by atoms with E-state index in [0.29, 0.717) is 12.3 Å². The van der Waals surface area contributed by atoms with Crippen LogP contribution in [0.25, 0.3) is 0 Å². The van der Waals surface area contributed by atoms with Gasteiger partial charge in [-0.25, -0.2) is 0 Å². The number of hydrogen-bond donors (Lipinski definition) is 4. The van der Waals surface area contributed by atoms with Gasteiger partial charge in [0.2, 0.25) is 5.91 Å². The van der Waals surface area contributed by atoms with Crippen molar-refractivity contribution in [2.24, 2.45) is 11.7 Å². The number of hydrogen-bond acceptors (Lipinski definition) is 4. The van der Waals surface area contributed by atoms with E-state index in [-0.39, 0.29) is 6.54 Å². The highest BCUT2D eigenvalue weighted by molar-refractivity contribution is 5.85. The van der Waals surface area contributed by atoms with Gasteiger partial charge in [-0.3, -0.25) is 9.59 Å². The Kier molecular flexibility index (Phi) is 6.67. The monoisotopic (exact) mass is 232 g/mol. The third-order valence-corrected chi connectivity index (χ3v) is 1.99. The molecule has 0 radical (unpaired) electrons. The SMILES string of the molecule is CC(C)CC(O)CNC(=O)C(N)CC(=O)O. The standard InChI is InChI=1S/C10H20N2O4/c1-6(2)3-7(13)5-12-10(16)8(11)4-9(14)15/h6-8,13H,3-5,11H2,1-2H3,(H,12,16)(H,14,15). The minimum Gasteiger partial charge on any atom is -0.481 e. The van der Waals surface area contributed by atoms with Gasteiger partial charge in [0, 0.05) is 6.54 Å². The van der Waals surface area contributed by atoms with Crippen LogP contribution in [0.4, 0.5) is 0 Å². The number of carboxylic acids is 1. The van der Waals surface area contributed by atoms with Crippen molar-refractivity contribution in [3.05, 3.63) is 0 Å². The van der Waals surface area contributed by atoms with Gasteiger partial charge in [-0.1, -0.05) is 13.8 Å². The zero-order valence-corrected chi connectivity index (χ0v) is 9.64. The van der Waals surface area contributed by atoms with Gasteiger partial charge in [0.15, 0.2) is 0 Å². The van der Waals surface area contributed by atoms with Crippen molar-refractivity contribution in [3.8, 4) is 0 Å². The van der Waals surface area contributed by atoms with Crippen molar-refractivity contribution in [2.45, 2.75) is 38.8 Å². The van der Waals surface area contributed by atoms with Gasteiger partial charge in [-0.2, -0.15) is 0 Å². The largest absolute Gasteiger partial charge is 0.481 e. The molecule has 0 aromatic carbocycles. The lowest BCUT2D eigenvalue weighted by Crippen LogP contribution is -2.44. The summed E-state index contributed by atoms with van der Waals surface area (Å²) in [7, 11) is 0. The summed E-state index contributed by atoms with van der Waals surface area (Å²) in [6.45, 7) is 4.02. The second-order valence-corrected chi connectivity index (χ2v) is 4.23. The molecule has 0 rings (SSSR count). The van der Waals surface area contributed by atoms with E-state index in [0.717, 1.165) is 0 Å². The minimum absolute atomic E-state index is 0.102. The maximum atomic E-state index is 11.3. The third-order valence-electron chi connectivity index (χ3n) is 1.99. The van der Waals surface area contributed by atoms with E-state index < -0.39 is 30.4 Å². The van der Waals surface area contributed by atoms with E-state index >= 15 is 0 Å². The second kappa shape index (κ2) is 7.19. The van der Waals surface area contributed by atoms with E-state index in [1.165, 1.54) is 0 Å². The Morgan fingerprint density at radius 3 is 2.38 bits per heavy atom. The van der Waals surface area contributed by atoms with Crippen molar-refractivity contribution in [1.82, 2.24) is 5.32 Å². The fraction of sp³-hybridized carbons (Fsp3) is 0.800. The number of carbonyl (C=O) groups is 2. The number of amides is 1. The van der Waals surface area contributed by atoms with Crippen molar-refractivity contribution < 1.29 is 19.8 Å². The summed E-state index contributed by atoms with van der Waals surface area (Å²) in [4.78, 5) is 21.5. The molecule has 94 valence electrons. The minimum atomic E-state index is -1.12. The number of nitrogens with two attached hydrogens (primary N) is 1. The van der Waals surface area contributed by atoms with E-state index in [9.17, 15) is 14.7 Å². The van der Waals surface area contributed by atoms with E-state index in [1.807, 2.05) is 13.8 Å². The van der Waals surface area contributed by atoms with Crippen LogP contribution < -0.4 is 11.1 Å². The number of aliphatic hydroxyl groups is 1. The van der Waals surface area contributed by atoms with Crippen LogP contribution in [0.3, 0.4) is 0 Å². The lowest BCUT2D eigenvalue weighted by Gasteiger charge is -2.15. The maximum Gasteiger partial charge on any atom is 0.305 e. The summed E-state index contributed by atoms with van der Waals surface area (Å²) in [5, 5.41) is 20.3. The van der Waals surface area contributed by atoms with Crippen LogP contribution in [0, 0.1) is 5.92 Å². The number of rotatable bonds is 7. The van der Waals surface area contributed by atoms with Crippen LogP contribution in [0.2, 0.25) is 0 Å². The Labute approximate surface area is 94.8 Å². The quantitative estimate of drug-likeness (QED) is 0.464. The van der Waals surface area contributed by atoms with Crippen LogP contribution >= 0.6 is 0 Å². The van der Waals surface area contributed by atoms with Gasteiger partial charge in [-0.05, 0) is 12.3 Å². The van der Waals surface area contributed by atoms with Gasteiger partial charge in [0.1, 0.15) is 0 Å². The predicted molar refractivity (Wildman–Crippen MR) is 58.7 cm³/mol. The summed E-state index contributed by atoms with van der Waals surface area (Å²) in [5.74, 6) is -1.34. The third kappa shape index (κ3) is 7.19. The number of aliphatic carboxylic acids is 1. The average molecular weight is 232 g/mol. The summed E-state index contributed by atoms with van der Waals surface area (Å²) in [5.41, 5.74) is 5.33. The summed E-state index contributed by atoms with van der Waals surface area (Å²) >= 11 is 0. The Morgan fingerprint density at radius 1 is 1.38 bits per heavy atom. The van der Waals surface area contributed by atoms with Crippen LogP contribution in [0.1, 0.15) is 26.7 Å². The molecule has 2 unspecified atom stereocenters. The molecule has 5 N–H and O–H groups in total. The molecule has 0 heterocycles. The fourth-order valence-corrected chi connectivity index (χ4v) is 1.26. The molecular weight excluding hydrogens is 212 g/mol. The molecule has 0 fully saturated rings. The topological polar surface area (TPSA) is 113 Å². The molecule has 1 amide bonds. The first-order chi connectivity index (χ1) is 7.32. The zero-order valence-electron chi connectivity index (χ0n) is 9.64. The van der Waals surface area contributed by atoms with Crippen LogP contribution in [0.15, 0.2) is 0 Å². The normalized spacial score (nSPS) is 14.6. The van der Waals surface area contributed by atoms with Crippen LogP contribution in [-0.4, -0.2) is 40.8 Å². The lowest BCUT2D eigenvalue weighted by molar-refractivity contribution is -0.139. The Hall–Kier alpha value is -1.14. The average Bonchev–Trinajstić information content (AvgIpc) is 2.11. The Bertz CT molecular complexity index is 243. The highest BCUT2D eigenvalue weighted by atomic mass is 16.4. The van der Waals surface area contributed by atoms with E-state index in [1.54, 1.807) is 0 Å². The highest BCUT2D eigenvalue weighted by Gasteiger charge is 2.17. The molecule has 0 aromatic rings. The first-order valence-corrected chi connectivity index (χ1v) is 5.26. The van der Waals surface area contributed by atoms with Gasteiger partial charge in [0.25, 0.3) is 0 Å². The number of nitrogens with one attached hydrogen (secondary N) is 1. The van der Waals surface area contributed by atoms with Gasteiger partial charge in [0.05, 0.1) is 18.6 Å². The van der Waals surface area contributed by atoms with Gasteiger partial charge >= 0.3 is 5.97 Å². The number of carboxylic acid groups (broad SMARTS) is 1. The smallest absolute Gasteiger partial charge is 0.305 e. The second-order valence-electron chi connectivity index (χ2n) is 4.23. The molecule has 0 aliphatic carbocycles. The van der Waals surface area contributed by atoms with Crippen molar-refractivity contribution >= 4 is 11.9 Å². The molecule has 2 atom stereocenters. The van der Waals surface area contributed by atoms with Crippen LogP contribution in [-0.2, 0) is 9.59 Å². The summed E-state index contributed by atoms with van der Waals surface area (Å²) in [6, 6.07) is -1.07. The van der Waals surface area contributed by atoms with Crippen molar-refractivity contribution in [3.63, 3.8) is 0 Å². The molecule has 0 saturated heterocycles. The maximum absolute atomic E-state index is 11.3. The first kappa shape index (κ1) is 14.9. The molecule has 0 bridgehead atoms. The van der Waals surface area contributed by atoms with Gasteiger partial charge < -0.3 is 21.3 Å². The molecular formula is C10H20N2O4. The molecule has 0 spiro atoms. The highest BCUT2D eigenvalue weighted by Crippen LogP contribution is 2.03. The van der Waals surface area contributed by atoms with Crippen LogP contribution in [0.5, 0.6) is 0 Å². The van der Waals surface area contributed by atoms with Gasteiger partial charge in [-0.15, -0.1) is 0 Å². The Balaban J connectivity index is 3.83. The van der Waals surface area contributed by atoms with Crippen molar-refractivity contribution in [2.75, 3.05) is 6.54 Å². The molecule has 0 aromatic heterocycles.